The van der Waals surface area contributed by atoms with Crippen LogP contribution in [0.25, 0.3) is 120 Å². The van der Waals surface area contributed by atoms with E-state index < -0.39 is 0 Å². The highest BCUT2D eigenvalue weighted by Crippen LogP contribution is 2.47. The fourth-order valence-corrected chi connectivity index (χ4v) is 9.29. The van der Waals surface area contributed by atoms with E-state index in [1.807, 2.05) is 0 Å². The molecule has 0 fully saturated rings. The lowest BCUT2D eigenvalue weighted by Crippen LogP contribution is -1.92. The summed E-state index contributed by atoms with van der Waals surface area (Å²) in [4.78, 5) is 10.1. The molecule has 0 saturated carbocycles. The van der Waals surface area contributed by atoms with Crippen LogP contribution in [0.1, 0.15) is 0 Å². The molecular weight excluding hydrogens is 653 g/mol. The first-order chi connectivity index (χ1) is 26.8. The normalized spacial score (nSPS) is 12.1. The number of hydrogen-bond acceptors (Lipinski definition) is 2. The number of para-hydroxylation sites is 4. The first-order valence-electron chi connectivity index (χ1n) is 18.6. The summed E-state index contributed by atoms with van der Waals surface area (Å²) in [6, 6.07) is 66.3. The van der Waals surface area contributed by atoms with Crippen molar-refractivity contribution in [3.63, 3.8) is 0 Å². The fourth-order valence-electron chi connectivity index (χ4n) is 9.29. The Bertz CT molecular complexity index is 3220. The molecule has 0 aliphatic heterocycles. The Hall–Kier alpha value is -7.16. The molecule has 0 spiro atoms. The zero-order valence-corrected chi connectivity index (χ0v) is 29.2. The summed E-state index contributed by atoms with van der Waals surface area (Å²) in [5.74, 6) is 0. The largest absolute Gasteiger partial charge is 0.248 e. The number of pyridine rings is 2. The van der Waals surface area contributed by atoms with Crippen molar-refractivity contribution in [3.05, 3.63) is 182 Å². The van der Waals surface area contributed by atoms with Crippen molar-refractivity contribution in [1.29, 1.82) is 0 Å². The van der Waals surface area contributed by atoms with E-state index in [2.05, 4.69) is 182 Å². The maximum absolute atomic E-state index is 5.06. The molecule has 12 aromatic rings. The van der Waals surface area contributed by atoms with Gasteiger partial charge in [-0.1, -0.05) is 146 Å². The van der Waals surface area contributed by atoms with Crippen molar-refractivity contribution < 1.29 is 0 Å². The number of fused-ring (bicyclic) bond motifs is 15. The summed E-state index contributed by atoms with van der Waals surface area (Å²) in [6.07, 6.45) is 0. The van der Waals surface area contributed by atoms with Crippen LogP contribution in [0.15, 0.2) is 182 Å². The molecule has 10 aromatic carbocycles. The van der Waals surface area contributed by atoms with Crippen LogP contribution < -0.4 is 0 Å². The Morgan fingerprint density at radius 1 is 0.222 bits per heavy atom. The summed E-state index contributed by atoms with van der Waals surface area (Å²) in [5, 5.41) is 17.3. The lowest BCUT2D eigenvalue weighted by molar-refractivity contribution is 1.49. The van der Waals surface area contributed by atoms with Gasteiger partial charge < -0.3 is 0 Å². The van der Waals surface area contributed by atoms with E-state index in [-0.39, 0.29) is 0 Å². The van der Waals surface area contributed by atoms with Crippen LogP contribution in [0.5, 0.6) is 0 Å². The molecule has 0 amide bonds. The van der Waals surface area contributed by atoms with E-state index in [9.17, 15) is 0 Å². The Morgan fingerprint density at radius 3 is 0.852 bits per heavy atom. The third-order valence-electron chi connectivity index (χ3n) is 11.6. The first-order valence-corrected chi connectivity index (χ1v) is 18.6. The smallest absolute Gasteiger partial charge is 0.0715 e. The Morgan fingerprint density at radius 2 is 0.500 bits per heavy atom. The molecule has 2 heterocycles. The number of aromatic nitrogens is 2. The van der Waals surface area contributed by atoms with Gasteiger partial charge in [0.15, 0.2) is 0 Å². The molecule has 248 valence electrons. The molecule has 0 saturated heterocycles. The molecule has 54 heavy (non-hydrogen) atoms. The van der Waals surface area contributed by atoms with Crippen LogP contribution in [-0.4, -0.2) is 9.97 Å². The zero-order valence-electron chi connectivity index (χ0n) is 29.2. The minimum atomic E-state index is 1.01. The molecule has 2 nitrogen and oxygen atoms in total. The van der Waals surface area contributed by atoms with E-state index >= 15 is 0 Å². The van der Waals surface area contributed by atoms with Crippen LogP contribution in [0, 0.1) is 0 Å². The van der Waals surface area contributed by atoms with Gasteiger partial charge >= 0.3 is 0 Å². The van der Waals surface area contributed by atoms with Crippen LogP contribution in [-0.2, 0) is 0 Å². The first kappa shape index (κ1) is 29.4. The molecular formula is C52H30N2. The lowest BCUT2D eigenvalue weighted by Gasteiger charge is -2.19. The molecule has 0 bridgehead atoms. The van der Waals surface area contributed by atoms with Gasteiger partial charge in [-0.2, -0.15) is 0 Å². The highest BCUT2D eigenvalue weighted by molar-refractivity contribution is 6.40. The van der Waals surface area contributed by atoms with Gasteiger partial charge in [0.1, 0.15) is 0 Å². The van der Waals surface area contributed by atoms with E-state index in [1.165, 1.54) is 76.1 Å². The van der Waals surface area contributed by atoms with Gasteiger partial charge in [-0.25, -0.2) is 9.97 Å². The van der Waals surface area contributed by atoms with Gasteiger partial charge in [0.2, 0.25) is 0 Å². The topological polar surface area (TPSA) is 25.8 Å². The van der Waals surface area contributed by atoms with Gasteiger partial charge in [-0.3, -0.25) is 0 Å². The summed E-state index contributed by atoms with van der Waals surface area (Å²) >= 11 is 0. The van der Waals surface area contributed by atoms with E-state index in [1.54, 1.807) is 0 Å². The highest BCUT2D eigenvalue weighted by atomic mass is 14.7. The second kappa shape index (κ2) is 11.2. The molecule has 2 aromatic heterocycles. The SMILES string of the molecule is c1ccc2c(-c3ccc4c5ccccc5c5c6cc(-c7c8ccccc8nc8ccccc78)ccc6c6ccccc6c5c4c3)c3ccccc3nc2c1. The summed E-state index contributed by atoms with van der Waals surface area (Å²) < 4.78 is 0. The summed E-state index contributed by atoms with van der Waals surface area (Å²) in [6.45, 7) is 0. The quantitative estimate of drug-likeness (QED) is 0.134. The number of nitrogens with zero attached hydrogens (tertiary/aromatic N) is 2. The van der Waals surface area contributed by atoms with Crippen molar-refractivity contribution >= 4 is 97.5 Å². The summed E-state index contributed by atoms with van der Waals surface area (Å²) in [7, 11) is 0. The number of rotatable bonds is 2. The second-order valence-electron chi connectivity index (χ2n) is 14.4. The van der Waals surface area contributed by atoms with Crippen LogP contribution in [0.3, 0.4) is 0 Å². The Kier molecular flexibility index (Phi) is 6.09. The fraction of sp³-hybridized carbons (Fsp3) is 0. The molecule has 0 unspecified atom stereocenters. The maximum Gasteiger partial charge on any atom is 0.0715 e. The molecule has 12 rings (SSSR count). The average Bonchev–Trinajstić information content (AvgIpc) is 3.24. The number of benzene rings is 10. The van der Waals surface area contributed by atoms with Crippen molar-refractivity contribution in [3.8, 4) is 22.3 Å². The van der Waals surface area contributed by atoms with E-state index in [4.69, 9.17) is 9.97 Å². The van der Waals surface area contributed by atoms with Crippen LogP contribution in [0.2, 0.25) is 0 Å². The van der Waals surface area contributed by atoms with Gasteiger partial charge in [0.05, 0.1) is 22.1 Å². The molecule has 0 aliphatic rings. The minimum Gasteiger partial charge on any atom is -0.248 e. The molecule has 0 atom stereocenters. The van der Waals surface area contributed by atoms with Crippen molar-refractivity contribution in [2.45, 2.75) is 0 Å². The van der Waals surface area contributed by atoms with E-state index in [0.717, 1.165) is 43.6 Å². The van der Waals surface area contributed by atoms with E-state index in [0.29, 0.717) is 0 Å². The summed E-state index contributed by atoms with van der Waals surface area (Å²) in [5.41, 5.74) is 8.88. The van der Waals surface area contributed by atoms with Crippen LogP contribution >= 0.6 is 0 Å². The highest BCUT2D eigenvalue weighted by Gasteiger charge is 2.20. The third-order valence-corrected chi connectivity index (χ3v) is 11.6. The van der Waals surface area contributed by atoms with Crippen molar-refractivity contribution in [2.24, 2.45) is 0 Å². The van der Waals surface area contributed by atoms with Gasteiger partial charge in [0.25, 0.3) is 0 Å². The Balaban J connectivity index is 1.27. The standard InChI is InChI=1S/C52H30N2/c1-3-15-37-33(13-1)35-27-25-31(49-39-17-5-9-21-45(39)53-46-22-10-6-18-40(46)49)29-43(35)52-38-16-4-2-14-34(38)36-28-26-32(30-44(36)51(37)52)50-41-19-7-11-23-47(41)54-48-24-12-8-20-42(48)50/h1-30H. The average molecular weight is 683 g/mol. The Labute approximate surface area is 310 Å². The van der Waals surface area contributed by atoms with Crippen LogP contribution in [0.4, 0.5) is 0 Å². The maximum atomic E-state index is 5.06. The van der Waals surface area contributed by atoms with Crippen molar-refractivity contribution in [1.82, 2.24) is 9.97 Å². The zero-order chi connectivity index (χ0) is 35.3. The third kappa shape index (κ3) is 4.11. The molecule has 0 N–H and O–H groups in total. The lowest BCUT2D eigenvalue weighted by atomic mass is 9.84. The minimum absolute atomic E-state index is 1.01. The van der Waals surface area contributed by atoms with Gasteiger partial charge in [-0.05, 0) is 101 Å². The van der Waals surface area contributed by atoms with Crippen molar-refractivity contribution in [2.75, 3.05) is 0 Å². The predicted octanol–water partition coefficient (Wildman–Crippen LogP) is 14.2. The second-order valence-corrected chi connectivity index (χ2v) is 14.4. The monoisotopic (exact) mass is 682 g/mol. The number of hydrogen-bond donors (Lipinski definition) is 0. The van der Waals surface area contributed by atoms with Gasteiger partial charge in [-0.15, -0.1) is 0 Å². The molecule has 0 radical (unpaired) electrons. The van der Waals surface area contributed by atoms with Gasteiger partial charge in [0, 0.05) is 32.7 Å². The molecule has 2 heteroatoms. The predicted molar refractivity (Wildman–Crippen MR) is 230 cm³/mol. The molecule has 0 aliphatic carbocycles.